The van der Waals surface area contributed by atoms with Gasteiger partial charge in [-0.05, 0) is 20.8 Å². The summed E-state index contributed by atoms with van der Waals surface area (Å²) in [5, 5.41) is 3.76. The van der Waals surface area contributed by atoms with E-state index in [1.807, 2.05) is 19.0 Å². The predicted molar refractivity (Wildman–Crippen MR) is 33.8 cm³/mol. The standard InChI is InChI=1S/C5H13N2O.Rb/c1-6-4-8-5-7(2)3;/h4-5H2,1-3H3;/q-1;+1. The van der Waals surface area contributed by atoms with Gasteiger partial charge in [-0.25, -0.2) is 0 Å². The Kier molecular flexibility index (Phi) is 14.3. The number of rotatable bonds is 4. The van der Waals surface area contributed by atoms with Crippen LogP contribution in [0, 0.1) is 0 Å². The molecule has 0 aliphatic rings. The van der Waals surface area contributed by atoms with Crippen LogP contribution in [0.1, 0.15) is 0 Å². The van der Waals surface area contributed by atoms with Crippen LogP contribution in [0.5, 0.6) is 0 Å². The van der Waals surface area contributed by atoms with Gasteiger partial charge >= 0.3 is 58.2 Å². The maximum atomic E-state index is 5.00. The first-order chi connectivity index (χ1) is 3.77. The molecule has 0 aliphatic carbocycles. The summed E-state index contributed by atoms with van der Waals surface area (Å²) in [6.45, 7) is 1.15. The molecule has 0 N–H and O–H groups in total. The third kappa shape index (κ3) is 12.8. The van der Waals surface area contributed by atoms with Crippen molar-refractivity contribution in [1.29, 1.82) is 0 Å². The average molecular weight is 203 g/mol. The second-order valence-electron chi connectivity index (χ2n) is 1.86. The monoisotopic (exact) mass is 202 g/mol. The van der Waals surface area contributed by atoms with Crippen molar-refractivity contribution in [3.63, 3.8) is 0 Å². The van der Waals surface area contributed by atoms with Gasteiger partial charge in [-0.15, -0.1) is 0 Å². The van der Waals surface area contributed by atoms with Crippen molar-refractivity contribution in [3.8, 4) is 0 Å². The minimum Gasteiger partial charge on any atom is -0.642 e. The smallest absolute Gasteiger partial charge is 0.642 e. The van der Waals surface area contributed by atoms with Crippen molar-refractivity contribution < 1.29 is 62.9 Å². The van der Waals surface area contributed by atoms with Crippen molar-refractivity contribution in [2.24, 2.45) is 0 Å². The molecule has 0 bridgehead atoms. The van der Waals surface area contributed by atoms with E-state index in [1.165, 1.54) is 0 Å². The molecule has 0 fully saturated rings. The topological polar surface area (TPSA) is 26.6 Å². The molecule has 3 nitrogen and oxygen atoms in total. The Morgan fingerprint density at radius 3 is 2.33 bits per heavy atom. The van der Waals surface area contributed by atoms with Crippen LogP contribution >= 0.6 is 0 Å². The van der Waals surface area contributed by atoms with Crippen LogP contribution < -0.4 is 58.2 Å². The van der Waals surface area contributed by atoms with E-state index in [0.29, 0.717) is 13.5 Å². The number of hydrogen-bond acceptors (Lipinski definition) is 2. The quantitative estimate of drug-likeness (QED) is 0.372. The van der Waals surface area contributed by atoms with Crippen LogP contribution in [-0.2, 0) is 4.74 Å². The zero-order chi connectivity index (χ0) is 6.41. The Labute approximate surface area is 106 Å². The van der Waals surface area contributed by atoms with Gasteiger partial charge < -0.3 is 10.1 Å². The molecule has 0 saturated heterocycles. The van der Waals surface area contributed by atoms with Gasteiger partial charge in [0.15, 0.2) is 0 Å². The maximum Gasteiger partial charge on any atom is 1.00 e. The second kappa shape index (κ2) is 9.69. The molecular weight excluding hydrogens is 190 g/mol. The minimum atomic E-state index is 0. The van der Waals surface area contributed by atoms with Crippen LogP contribution in [0.15, 0.2) is 0 Å². The Morgan fingerprint density at radius 1 is 1.44 bits per heavy atom. The summed E-state index contributed by atoms with van der Waals surface area (Å²) in [7, 11) is 5.64. The van der Waals surface area contributed by atoms with Crippen molar-refractivity contribution in [3.05, 3.63) is 5.32 Å². The van der Waals surface area contributed by atoms with E-state index in [4.69, 9.17) is 4.74 Å². The molecule has 0 amide bonds. The van der Waals surface area contributed by atoms with Gasteiger partial charge in [-0.1, -0.05) is 0 Å². The van der Waals surface area contributed by atoms with Crippen LogP contribution in [0.25, 0.3) is 5.32 Å². The summed E-state index contributed by atoms with van der Waals surface area (Å²) in [6, 6.07) is 0. The molecule has 0 atom stereocenters. The van der Waals surface area contributed by atoms with E-state index < -0.39 is 0 Å². The van der Waals surface area contributed by atoms with E-state index in [1.54, 1.807) is 7.05 Å². The summed E-state index contributed by atoms with van der Waals surface area (Å²) >= 11 is 0. The van der Waals surface area contributed by atoms with E-state index >= 15 is 0 Å². The van der Waals surface area contributed by atoms with Crippen molar-refractivity contribution in [2.75, 3.05) is 34.6 Å². The fourth-order valence-electron chi connectivity index (χ4n) is 0.315. The third-order valence-corrected chi connectivity index (χ3v) is 0.570. The molecule has 0 saturated carbocycles. The Hall–Kier alpha value is 1.69. The van der Waals surface area contributed by atoms with Crippen molar-refractivity contribution >= 4 is 0 Å². The summed E-state index contributed by atoms with van der Waals surface area (Å²) in [5.41, 5.74) is 0. The first-order valence-corrected chi connectivity index (χ1v) is 2.55. The van der Waals surface area contributed by atoms with Crippen LogP contribution in [0.3, 0.4) is 0 Å². The van der Waals surface area contributed by atoms with Crippen LogP contribution in [-0.4, -0.2) is 39.5 Å². The van der Waals surface area contributed by atoms with E-state index in [-0.39, 0.29) is 58.2 Å². The largest absolute Gasteiger partial charge is 1.00 e. The normalized spacial score (nSPS) is 9.33. The Bertz CT molecular complexity index is 52.2. The van der Waals surface area contributed by atoms with Gasteiger partial charge in [-0.3, -0.25) is 4.90 Å². The SMILES string of the molecule is C[N-]COCN(C)C.[Rb+]. The first kappa shape index (κ1) is 13.3. The molecule has 0 rings (SSSR count). The van der Waals surface area contributed by atoms with Gasteiger partial charge in [0.1, 0.15) is 0 Å². The van der Waals surface area contributed by atoms with Crippen molar-refractivity contribution in [1.82, 2.24) is 4.90 Å². The zero-order valence-corrected chi connectivity index (χ0v) is 11.6. The number of hydrogen-bond donors (Lipinski definition) is 0. The van der Waals surface area contributed by atoms with Crippen LogP contribution in [0.2, 0.25) is 0 Å². The van der Waals surface area contributed by atoms with Gasteiger partial charge in [-0.2, -0.15) is 7.05 Å². The molecule has 0 aromatic rings. The second-order valence-corrected chi connectivity index (χ2v) is 1.86. The molecular formula is C5H13N2ORb. The van der Waals surface area contributed by atoms with Gasteiger partial charge in [0.25, 0.3) is 0 Å². The zero-order valence-electron chi connectivity index (χ0n) is 6.72. The van der Waals surface area contributed by atoms with Gasteiger partial charge in [0.05, 0.1) is 6.73 Å². The van der Waals surface area contributed by atoms with Gasteiger partial charge in [0.2, 0.25) is 0 Å². The van der Waals surface area contributed by atoms with Gasteiger partial charge in [0, 0.05) is 0 Å². The molecule has 0 radical (unpaired) electrons. The Balaban J connectivity index is 0. The van der Waals surface area contributed by atoms with Crippen LogP contribution in [0.4, 0.5) is 0 Å². The number of ether oxygens (including phenoxy) is 1. The molecule has 0 unspecified atom stereocenters. The Morgan fingerprint density at radius 2 is 2.00 bits per heavy atom. The third-order valence-electron chi connectivity index (χ3n) is 0.570. The molecule has 4 heteroatoms. The fraction of sp³-hybridized carbons (Fsp3) is 1.00. The van der Waals surface area contributed by atoms with E-state index in [0.717, 1.165) is 0 Å². The summed E-state index contributed by atoms with van der Waals surface area (Å²) in [5.74, 6) is 0. The molecule has 9 heavy (non-hydrogen) atoms. The molecule has 0 spiro atoms. The molecule has 0 aliphatic heterocycles. The summed E-state index contributed by atoms with van der Waals surface area (Å²) in [6.07, 6.45) is 0. The average Bonchev–Trinajstić information content (AvgIpc) is 1.66. The molecule has 50 valence electrons. The molecule has 0 aromatic carbocycles. The fourth-order valence-corrected chi connectivity index (χ4v) is 0.315. The molecule has 0 heterocycles. The van der Waals surface area contributed by atoms with Crippen molar-refractivity contribution in [2.45, 2.75) is 0 Å². The molecule has 0 aromatic heterocycles. The van der Waals surface area contributed by atoms with E-state index in [9.17, 15) is 0 Å². The summed E-state index contributed by atoms with van der Waals surface area (Å²) < 4.78 is 5.00. The minimum absolute atomic E-state index is 0. The predicted octanol–water partition coefficient (Wildman–Crippen LogP) is -2.51. The maximum absolute atomic E-state index is 5.00. The summed E-state index contributed by atoms with van der Waals surface area (Å²) in [4.78, 5) is 1.95. The van der Waals surface area contributed by atoms with E-state index in [2.05, 4.69) is 5.32 Å². The number of nitrogens with zero attached hydrogens (tertiary/aromatic N) is 2. The first-order valence-electron chi connectivity index (χ1n) is 2.55.